The number of hydrogen-bond acceptors (Lipinski definition) is 9. The summed E-state index contributed by atoms with van der Waals surface area (Å²) >= 11 is 0. The van der Waals surface area contributed by atoms with Crippen LogP contribution in [0.15, 0.2) is 0 Å². The molecule has 1 spiro atoms. The molecule has 0 heterocycles. The van der Waals surface area contributed by atoms with Crippen molar-refractivity contribution in [2.24, 2.45) is 34.5 Å². The van der Waals surface area contributed by atoms with E-state index >= 15 is 0 Å². The van der Waals surface area contributed by atoms with E-state index in [-0.39, 0.29) is 42.3 Å². The number of carbonyl (C=O) groups excluding carboxylic acids is 1. The van der Waals surface area contributed by atoms with Crippen molar-refractivity contribution in [2.75, 3.05) is 41.0 Å². The van der Waals surface area contributed by atoms with Crippen molar-refractivity contribution in [1.29, 1.82) is 0 Å². The third-order valence-electron chi connectivity index (χ3n) is 11.4. The molecule has 4 aliphatic carbocycles. The second-order valence-corrected chi connectivity index (χ2v) is 12.8. The molecule has 0 bridgehead atoms. The van der Waals surface area contributed by atoms with E-state index in [0.29, 0.717) is 45.3 Å². The highest BCUT2D eigenvalue weighted by atomic mass is 16.6. The van der Waals surface area contributed by atoms with Crippen LogP contribution < -0.4 is 5.32 Å². The fourth-order valence-corrected chi connectivity index (χ4v) is 10.0. The number of rotatable bonds is 9. The minimum Gasteiger partial charge on any atom is -0.456 e. The minimum absolute atomic E-state index is 0.0147. The number of hydrogen-bond donors (Lipinski definition) is 4. The summed E-state index contributed by atoms with van der Waals surface area (Å²) in [6.07, 6.45) is 0.645. The summed E-state index contributed by atoms with van der Waals surface area (Å²) in [5.74, 6) is -0.909. The Bertz CT molecular complexity index is 858. The molecule has 38 heavy (non-hydrogen) atoms. The third kappa shape index (κ3) is 4.18. The van der Waals surface area contributed by atoms with E-state index in [9.17, 15) is 20.1 Å². The summed E-state index contributed by atoms with van der Waals surface area (Å²) in [6.45, 7) is 9.28. The molecule has 4 saturated carbocycles. The molecule has 9 nitrogen and oxygen atoms in total. The fourth-order valence-electron chi connectivity index (χ4n) is 10.0. The lowest BCUT2D eigenvalue weighted by Gasteiger charge is -2.68. The lowest BCUT2D eigenvalue weighted by atomic mass is 9.40. The van der Waals surface area contributed by atoms with Gasteiger partial charge >= 0.3 is 5.97 Å². The largest absolute Gasteiger partial charge is 0.456 e. The highest BCUT2D eigenvalue weighted by Gasteiger charge is 2.77. The van der Waals surface area contributed by atoms with E-state index < -0.39 is 40.2 Å². The van der Waals surface area contributed by atoms with Crippen LogP contribution in [0.4, 0.5) is 0 Å². The average molecular weight is 542 g/mol. The Labute approximate surface area is 227 Å². The van der Waals surface area contributed by atoms with Crippen LogP contribution in [0.5, 0.6) is 0 Å². The molecule has 9 heteroatoms. The second-order valence-electron chi connectivity index (χ2n) is 12.8. The summed E-state index contributed by atoms with van der Waals surface area (Å²) in [5, 5.41) is 38.4. The van der Waals surface area contributed by atoms with E-state index in [1.54, 1.807) is 21.3 Å². The van der Waals surface area contributed by atoms with Crippen LogP contribution in [0.2, 0.25) is 0 Å². The average Bonchev–Trinajstić information content (AvgIpc) is 3.21. The predicted octanol–water partition coefficient (Wildman–Crippen LogP) is 1.90. The van der Waals surface area contributed by atoms with Gasteiger partial charge in [-0.05, 0) is 44.1 Å². The maximum absolute atomic E-state index is 12.5. The lowest BCUT2D eigenvalue weighted by Crippen LogP contribution is -2.74. The van der Waals surface area contributed by atoms with Crippen LogP contribution in [-0.2, 0) is 23.7 Å². The van der Waals surface area contributed by atoms with Gasteiger partial charge in [-0.2, -0.15) is 0 Å². The number of aliphatic hydroxyl groups excluding tert-OH is 2. The molecule has 0 saturated heterocycles. The van der Waals surface area contributed by atoms with Gasteiger partial charge < -0.3 is 39.6 Å². The number of ether oxygens (including phenoxy) is 4. The molecular weight excluding hydrogens is 490 g/mol. The van der Waals surface area contributed by atoms with Gasteiger partial charge in [0, 0.05) is 70.3 Å². The highest BCUT2D eigenvalue weighted by molar-refractivity contribution is 5.67. The highest BCUT2D eigenvalue weighted by Crippen LogP contribution is 2.73. The number of carbonyl (C=O) groups is 1. The van der Waals surface area contributed by atoms with E-state index in [1.165, 1.54) is 6.92 Å². The Morgan fingerprint density at radius 2 is 1.74 bits per heavy atom. The van der Waals surface area contributed by atoms with Gasteiger partial charge in [0.15, 0.2) is 0 Å². The van der Waals surface area contributed by atoms with Crippen molar-refractivity contribution in [3.05, 3.63) is 0 Å². The van der Waals surface area contributed by atoms with E-state index in [2.05, 4.69) is 19.2 Å². The van der Waals surface area contributed by atoms with Crippen molar-refractivity contribution >= 4 is 5.97 Å². The van der Waals surface area contributed by atoms with Crippen LogP contribution in [0.3, 0.4) is 0 Å². The molecule has 4 aliphatic rings. The lowest BCUT2D eigenvalue weighted by molar-refractivity contribution is -0.299. The predicted molar refractivity (Wildman–Crippen MR) is 141 cm³/mol. The van der Waals surface area contributed by atoms with Gasteiger partial charge in [0.2, 0.25) is 0 Å². The Kier molecular flexibility index (Phi) is 8.63. The second kappa shape index (κ2) is 10.9. The van der Waals surface area contributed by atoms with Gasteiger partial charge in [-0.3, -0.25) is 4.79 Å². The normalized spacial score (nSPS) is 50.2. The van der Waals surface area contributed by atoms with Crippen LogP contribution in [0, 0.1) is 34.5 Å². The number of esters is 1. The van der Waals surface area contributed by atoms with Crippen LogP contribution in [0.1, 0.15) is 66.2 Å². The topological polar surface area (TPSA) is 127 Å². The molecule has 0 aromatic heterocycles. The van der Waals surface area contributed by atoms with E-state index in [1.807, 2.05) is 6.92 Å². The van der Waals surface area contributed by atoms with E-state index in [4.69, 9.17) is 18.9 Å². The van der Waals surface area contributed by atoms with E-state index in [0.717, 1.165) is 6.54 Å². The first kappa shape index (κ1) is 30.2. The molecule has 220 valence electrons. The summed E-state index contributed by atoms with van der Waals surface area (Å²) in [4.78, 5) is 12.5. The van der Waals surface area contributed by atoms with Crippen LogP contribution in [0.25, 0.3) is 0 Å². The third-order valence-corrected chi connectivity index (χ3v) is 11.4. The standard InChI is InChI=1S/C29H51NO8/c1-8-26(34)13-20-17(3)29-19(12-28(20,23(33)14-26)38-18(4)31)10-21(36-6)25(29)27(16-35-5,15-30-9-2)22(32)11-24(29)37-7/h17,19-25,30,32-34H,8-16H2,1-7H3/t17?,19?,20-,21?,22?,23+,24+,25?,26?,27?,28+,29?/m1/s1. The molecule has 0 aromatic carbocycles. The van der Waals surface area contributed by atoms with Gasteiger partial charge in [-0.25, -0.2) is 0 Å². The quantitative estimate of drug-likeness (QED) is 0.324. The minimum atomic E-state index is -1.09. The van der Waals surface area contributed by atoms with Gasteiger partial charge in [0.1, 0.15) is 5.60 Å². The van der Waals surface area contributed by atoms with Crippen LogP contribution in [-0.4, -0.2) is 97.9 Å². The Hall–Kier alpha value is -0.810. The number of aliphatic hydroxyl groups is 3. The first-order valence-corrected chi connectivity index (χ1v) is 14.5. The zero-order valence-corrected chi connectivity index (χ0v) is 24.4. The van der Waals surface area contributed by atoms with Crippen molar-refractivity contribution < 1.29 is 39.1 Å². The zero-order chi connectivity index (χ0) is 28.1. The number of nitrogens with one attached hydrogen (secondary N) is 1. The summed E-state index contributed by atoms with van der Waals surface area (Å²) < 4.78 is 24.5. The first-order valence-electron chi connectivity index (χ1n) is 14.5. The fraction of sp³-hybridized carbons (Fsp3) is 0.966. The molecule has 4 N–H and O–H groups in total. The molecule has 4 rings (SSSR count). The molecule has 0 radical (unpaired) electrons. The van der Waals surface area contributed by atoms with Crippen molar-refractivity contribution in [3.8, 4) is 0 Å². The zero-order valence-electron chi connectivity index (χ0n) is 24.4. The first-order chi connectivity index (χ1) is 18.0. The number of fused-ring (bicyclic) bond motifs is 1. The number of methoxy groups -OCH3 is 3. The smallest absolute Gasteiger partial charge is 0.303 e. The van der Waals surface area contributed by atoms with Crippen molar-refractivity contribution in [3.63, 3.8) is 0 Å². The van der Waals surface area contributed by atoms with Gasteiger partial charge in [0.05, 0.1) is 36.6 Å². The molecule has 0 aromatic rings. The Morgan fingerprint density at radius 1 is 1.03 bits per heavy atom. The van der Waals surface area contributed by atoms with Crippen LogP contribution >= 0.6 is 0 Å². The molecule has 0 amide bonds. The Morgan fingerprint density at radius 3 is 2.29 bits per heavy atom. The van der Waals surface area contributed by atoms with Crippen molar-refractivity contribution in [2.45, 2.75) is 102 Å². The molecule has 0 aliphatic heterocycles. The van der Waals surface area contributed by atoms with Gasteiger partial charge in [-0.15, -0.1) is 0 Å². The van der Waals surface area contributed by atoms with Gasteiger partial charge in [-0.1, -0.05) is 20.8 Å². The summed E-state index contributed by atoms with van der Waals surface area (Å²) in [7, 11) is 5.12. The summed E-state index contributed by atoms with van der Waals surface area (Å²) in [6, 6.07) is 0. The molecule has 8 unspecified atom stereocenters. The maximum atomic E-state index is 12.5. The molecule has 4 fully saturated rings. The monoisotopic (exact) mass is 541 g/mol. The molecule has 12 atom stereocenters. The summed E-state index contributed by atoms with van der Waals surface area (Å²) in [5.41, 5.74) is -3.21. The Balaban J connectivity index is 1.94. The maximum Gasteiger partial charge on any atom is 0.303 e. The van der Waals surface area contributed by atoms with Crippen molar-refractivity contribution in [1.82, 2.24) is 5.32 Å². The SMILES string of the molecule is CCNCC1(COC)C(O)C[C@H](OC)C23C(CC(OC)C12)C[C@]1(OC(C)=O)[C@H](CC(O)(CC)C[C@@H]1O)C3C. The molecular formula is C29H51NO8. The van der Waals surface area contributed by atoms with Gasteiger partial charge in [0.25, 0.3) is 0 Å².